The van der Waals surface area contributed by atoms with Gasteiger partial charge >= 0.3 is 54.5 Å². The van der Waals surface area contributed by atoms with Crippen LogP contribution in [0, 0.1) is 16.7 Å². The number of nitrogens with one attached hydrogen (secondary N) is 1. The van der Waals surface area contributed by atoms with Crippen LogP contribution in [0.25, 0.3) is 0 Å². The predicted octanol–water partition coefficient (Wildman–Crippen LogP) is 7.09. The van der Waals surface area contributed by atoms with Gasteiger partial charge in [0.05, 0.1) is 35.6 Å². The molecule has 15 nitrogen and oxygen atoms in total. The van der Waals surface area contributed by atoms with Crippen LogP contribution in [0.15, 0.2) is 71.8 Å². The van der Waals surface area contributed by atoms with Gasteiger partial charge in [-0.05, 0) is 42.7 Å². The van der Waals surface area contributed by atoms with E-state index in [0.29, 0.717) is 0 Å². The van der Waals surface area contributed by atoms with Gasteiger partial charge in [0, 0.05) is 32.3 Å². The minimum Gasteiger partial charge on any atom is -0.456 e. The number of alkyl halides is 12. The second kappa shape index (κ2) is 18.8. The number of Topliss-reactive ketones (excluding diaryl/α,β-unsaturated/α-hetero) is 1. The molecular formula is C45H45F12NO14. The lowest BCUT2D eigenvalue weighted by molar-refractivity contribution is -0.443. The monoisotopic (exact) mass is 1050 g/mol. The number of fused-ring (bicyclic) bond motifs is 5. The highest BCUT2D eigenvalue weighted by Gasteiger charge is 2.87. The van der Waals surface area contributed by atoms with Crippen LogP contribution in [0.1, 0.15) is 69.4 Å². The Morgan fingerprint density at radius 3 is 1.85 bits per heavy atom. The highest BCUT2D eigenvalue weighted by Crippen LogP contribution is 2.65. The first kappa shape index (κ1) is 55.8. The summed E-state index contributed by atoms with van der Waals surface area (Å²) in [6, 6.07) is 9.31. The largest absolute Gasteiger partial charge is 0.523 e. The summed E-state index contributed by atoms with van der Waals surface area (Å²) in [5.41, 5.74) is -19.1. The number of methoxy groups -OCH3 is 1. The van der Waals surface area contributed by atoms with Crippen molar-refractivity contribution in [3.05, 3.63) is 82.9 Å². The van der Waals surface area contributed by atoms with E-state index in [-0.39, 0.29) is 12.0 Å². The molecule has 0 spiro atoms. The SMILES string of the molecule is CO[C@H]1C[C@H]2OC[C@@]2(OC(C)=O)[C@H]2[C@H](OC(=O)c3ccccc3)[C@]3(O)C[C@H](OC(=O)[C@H](O)[C@@H](NC(=O)OC(C(F)(F)F)(C(F)(F)F)C(F)(F)F)c4ccccc4)C(C)=C([C@@H](OC(F)(F)F)C(=O)[C@]12C)C3(C)C. The molecule has 0 aromatic heterocycles. The fourth-order valence-corrected chi connectivity index (χ4v) is 10.6. The van der Waals surface area contributed by atoms with Crippen LogP contribution in [-0.4, -0.2) is 132 Å². The molecule has 4 aliphatic rings. The maximum absolute atomic E-state index is 15.5. The molecule has 3 aliphatic carbocycles. The Morgan fingerprint density at radius 2 is 1.38 bits per heavy atom. The molecule has 2 aromatic rings. The molecule has 2 bridgehead atoms. The van der Waals surface area contributed by atoms with Crippen LogP contribution >= 0.6 is 0 Å². The van der Waals surface area contributed by atoms with Crippen molar-refractivity contribution < 1.29 is 120 Å². The van der Waals surface area contributed by atoms with Crippen molar-refractivity contribution in [2.75, 3.05) is 13.7 Å². The van der Waals surface area contributed by atoms with Crippen molar-refractivity contribution >= 4 is 29.8 Å². The van der Waals surface area contributed by atoms with Gasteiger partial charge in [0.15, 0.2) is 17.5 Å². The molecule has 1 aliphatic heterocycles. The number of ether oxygens (including phenoxy) is 7. The Hall–Kier alpha value is -5.51. The predicted molar refractivity (Wildman–Crippen MR) is 214 cm³/mol. The standard InChI is InChI=1S/C45H45F12NO14/c1-20-24(68-35(63)29(60)28(22-13-9-7-10-14-22)58-36(64)72-41(42(46,47)48,43(49,50)51)44(52,53)54)18-40(65)33(69-34(62)23-15-11-8-12-16-23)31-38(5,25(66-6)17-26-39(31,19-67-26)70-21(2)59)32(61)30(71-45(55,56)57)27(20)37(40,3)4/h7-16,24-26,28-31,33,60,65H,17-19H2,1-6H3,(H,58,64)/t24-,25-,26+,28-,29+,30+,31-,33-,38+,39-,40+/m0/s1. The Kier molecular flexibility index (Phi) is 14.5. The summed E-state index contributed by atoms with van der Waals surface area (Å²) in [5.74, 6) is -7.75. The highest BCUT2D eigenvalue weighted by molar-refractivity contribution is 5.94. The number of carbonyl (C=O) groups is 5. The zero-order valence-electron chi connectivity index (χ0n) is 38.3. The summed E-state index contributed by atoms with van der Waals surface area (Å²) >= 11 is 0. The zero-order valence-corrected chi connectivity index (χ0v) is 38.3. The van der Waals surface area contributed by atoms with Crippen LogP contribution < -0.4 is 5.32 Å². The summed E-state index contributed by atoms with van der Waals surface area (Å²) in [6.45, 7) is 4.66. The van der Waals surface area contributed by atoms with E-state index >= 15 is 4.79 Å². The summed E-state index contributed by atoms with van der Waals surface area (Å²) < 4.78 is 205. The third-order valence-electron chi connectivity index (χ3n) is 14.1. The summed E-state index contributed by atoms with van der Waals surface area (Å²) in [6.07, 6.45) is -45.7. The lowest BCUT2D eigenvalue weighted by Gasteiger charge is -2.67. The van der Waals surface area contributed by atoms with Gasteiger partial charge in [-0.25, -0.2) is 14.4 Å². The first-order chi connectivity index (χ1) is 33.0. The molecule has 0 unspecified atom stereocenters. The zero-order chi connectivity index (χ0) is 54.2. The third kappa shape index (κ3) is 9.16. The Balaban J connectivity index is 1.53. The number of hydrogen-bond donors (Lipinski definition) is 3. The maximum atomic E-state index is 15.5. The summed E-state index contributed by atoms with van der Waals surface area (Å²) in [5, 5.41) is 26.2. The first-order valence-corrected chi connectivity index (χ1v) is 21.4. The molecule has 2 aromatic carbocycles. The van der Waals surface area contributed by atoms with Gasteiger partial charge < -0.3 is 44.0 Å². The minimum atomic E-state index is -7.41. The number of amides is 1. The topological polar surface area (TPSA) is 202 Å². The van der Waals surface area contributed by atoms with Crippen LogP contribution in [0.4, 0.5) is 57.5 Å². The van der Waals surface area contributed by atoms with Gasteiger partial charge in [-0.2, -0.15) is 39.5 Å². The number of hydrogen-bond acceptors (Lipinski definition) is 14. The van der Waals surface area contributed by atoms with Gasteiger partial charge in [-0.15, -0.1) is 13.2 Å². The molecule has 11 atom stereocenters. The highest BCUT2D eigenvalue weighted by atomic mass is 19.4. The molecule has 1 saturated heterocycles. The van der Waals surface area contributed by atoms with Crippen molar-refractivity contribution in [2.45, 2.75) is 132 Å². The molecule has 3 fully saturated rings. The Labute approximate surface area is 400 Å². The van der Waals surface area contributed by atoms with Crippen molar-refractivity contribution in [1.82, 2.24) is 5.32 Å². The van der Waals surface area contributed by atoms with Crippen molar-refractivity contribution in [3.8, 4) is 0 Å². The number of carbonyl (C=O) groups excluding carboxylic acids is 5. The smallest absolute Gasteiger partial charge is 0.456 e. The van der Waals surface area contributed by atoms with Crippen LogP contribution in [0.2, 0.25) is 0 Å². The number of alkyl carbamates (subject to hydrolysis) is 1. The third-order valence-corrected chi connectivity index (χ3v) is 14.1. The number of benzene rings is 2. The molecule has 2 saturated carbocycles. The summed E-state index contributed by atoms with van der Waals surface area (Å²) in [7, 11) is 1.09. The van der Waals surface area contributed by atoms with Crippen molar-refractivity contribution in [3.63, 3.8) is 0 Å². The number of halogens is 12. The normalized spacial score (nSPS) is 30.5. The molecule has 0 radical (unpaired) electrons. The van der Waals surface area contributed by atoms with Gasteiger partial charge in [0.2, 0.25) is 0 Å². The first-order valence-electron chi connectivity index (χ1n) is 21.4. The van der Waals surface area contributed by atoms with Crippen LogP contribution in [0.3, 0.4) is 0 Å². The molecule has 6 rings (SSSR count). The molecule has 72 heavy (non-hydrogen) atoms. The number of rotatable bonds is 11. The van der Waals surface area contributed by atoms with E-state index < -0.39 is 161 Å². The van der Waals surface area contributed by atoms with Gasteiger partial charge in [0.25, 0.3) is 0 Å². The van der Waals surface area contributed by atoms with Crippen LogP contribution in [0.5, 0.6) is 0 Å². The van der Waals surface area contributed by atoms with E-state index in [2.05, 4.69) is 9.47 Å². The number of aliphatic hydroxyl groups excluding tert-OH is 1. The molecule has 1 heterocycles. The van der Waals surface area contributed by atoms with Crippen molar-refractivity contribution in [1.29, 1.82) is 0 Å². The molecule has 1 amide bonds. The van der Waals surface area contributed by atoms with Crippen molar-refractivity contribution in [2.24, 2.45) is 16.7 Å². The van der Waals surface area contributed by atoms with Gasteiger partial charge in [-0.1, -0.05) is 62.4 Å². The lowest BCUT2D eigenvalue weighted by atomic mass is 9.44. The summed E-state index contributed by atoms with van der Waals surface area (Å²) in [4.78, 5) is 69.7. The van der Waals surface area contributed by atoms with Gasteiger partial charge in [0.1, 0.15) is 30.0 Å². The van der Waals surface area contributed by atoms with E-state index in [1.54, 1.807) is 0 Å². The second-order valence-electron chi connectivity index (χ2n) is 18.4. The average molecular weight is 1050 g/mol. The average Bonchev–Trinajstić information content (AvgIpc) is 3.25. The fourth-order valence-electron chi connectivity index (χ4n) is 10.6. The molecule has 3 N–H and O–H groups in total. The maximum Gasteiger partial charge on any atom is 0.523 e. The van der Waals surface area contributed by atoms with E-state index in [1.807, 2.05) is 0 Å². The quantitative estimate of drug-likeness (QED) is 0.0892. The van der Waals surface area contributed by atoms with E-state index in [0.717, 1.165) is 66.0 Å². The second-order valence-corrected chi connectivity index (χ2v) is 18.4. The van der Waals surface area contributed by atoms with E-state index in [1.165, 1.54) is 41.7 Å². The van der Waals surface area contributed by atoms with Gasteiger partial charge in [-0.3, -0.25) is 14.3 Å². The Morgan fingerprint density at radius 1 is 0.833 bits per heavy atom. The van der Waals surface area contributed by atoms with E-state index in [4.69, 9.17) is 23.7 Å². The minimum absolute atomic E-state index is 0.195. The Bertz CT molecular complexity index is 2410. The molecule has 27 heteroatoms. The lowest BCUT2D eigenvalue weighted by Crippen LogP contribution is -2.82. The molecular weight excluding hydrogens is 1010 g/mol. The molecule has 398 valence electrons. The number of esters is 3. The number of ketones is 1. The number of aliphatic hydroxyl groups is 2. The van der Waals surface area contributed by atoms with Crippen LogP contribution in [-0.2, 0) is 47.5 Å². The fraction of sp³-hybridized carbons (Fsp3) is 0.578. The van der Waals surface area contributed by atoms with E-state index in [9.17, 15) is 82.1 Å².